The fraction of sp³-hybridized carbons (Fsp3) is 0.500. The summed E-state index contributed by atoms with van der Waals surface area (Å²) in [6, 6.07) is 6.33. The first kappa shape index (κ1) is 21.3. The van der Waals surface area contributed by atoms with Crippen molar-refractivity contribution in [2.45, 2.75) is 44.7 Å². The molecule has 2 N–H and O–H groups in total. The van der Waals surface area contributed by atoms with Crippen LogP contribution >= 0.6 is 0 Å². The Morgan fingerprint density at radius 2 is 1.76 bits per heavy atom. The maximum absolute atomic E-state index is 12.5. The minimum absolute atomic E-state index is 0.0883. The third-order valence-corrected chi connectivity index (χ3v) is 6.10. The molecule has 0 aromatic heterocycles. The Bertz CT molecular complexity index is 667. The van der Waals surface area contributed by atoms with Gasteiger partial charge in [0.2, 0.25) is 15.9 Å². The Balaban J connectivity index is 2.82. The lowest BCUT2D eigenvalue weighted by Gasteiger charge is -2.21. The van der Waals surface area contributed by atoms with Crippen LogP contribution < -0.4 is 10.6 Å². The van der Waals surface area contributed by atoms with Gasteiger partial charge in [-0.1, -0.05) is 32.1 Å². The maximum atomic E-state index is 12.5. The van der Waals surface area contributed by atoms with Crippen LogP contribution in [0.15, 0.2) is 41.8 Å². The summed E-state index contributed by atoms with van der Waals surface area (Å²) in [6.45, 7) is 12.2. The molecule has 0 heterocycles. The van der Waals surface area contributed by atoms with Crippen molar-refractivity contribution in [1.82, 2.24) is 14.9 Å². The van der Waals surface area contributed by atoms with Crippen LogP contribution in [-0.2, 0) is 14.8 Å². The highest BCUT2D eigenvalue weighted by Crippen LogP contribution is 2.19. The molecule has 0 aliphatic rings. The monoisotopic (exact) mass is 367 g/mol. The van der Waals surface area contributed by atoms with Crippen molar-refractivity contribution in [2.75, 3.05) is 19.6 Å². The van der Waals surface area contributed by atoms with Crippen LogP contribution in [0.2, 0.25) is 0 Å². The Morgan fingerprint density at radius 1 is 1.20 bits per heavy atom. The Morgan fingerprint density at radius 3 is 2.24 bits per heavy atom. The van der Waals surface area contributed by atoms with E-state index in [1.165, 1.54) is 4.31 Å². The van der Waals surface area contributed by atoms with Crippen molar-refractivity contribution in [3.05, 3.63) is 42.5 Å². The van der Waals surface area contributed by atoms with Gasteiger partial charge in [0.15, 0.2) is 0 Å². The van der Waals surface area contributed by atoms with Gasteiger partial charge in [-0.25, -0.2) is 8.42 Å². The van der Waals surface area contributed by atoms with Crippen LogP contribution in [-0.4, -0.2) is 44.3 Å². The molecular formula is C18H29N3O3S. The summed E-state index contributed by atoms with van der Waals surface area (Å²) in [5.41, 5.74) is 0.918. The zero-order chi connectivity index (χ0) is 19.0. The number of nitrogens with zero attached hydrogens (tertiary/aromatic N) is 1. The lowest BCUT2D eigenvalue weighted by molar-refractivity contribution is -0.122. The standard InChI is InChI=1S/C18H29N3O3S/c1-6-13-19-18(22)15(5)20-14(4)16-9-11-17(12-10-16)25(23,24)21(7-2)8-3/h6,9-12,14-15,20H,1,7-8,13H2,2-5H3,(H,19,22). The van der Waals surface area contributed by atoms with E-state index in [1.807, 2.05) is 20.8 Å². The molecular weight excluding hydrogens is 338 g/mol. The molecule has 25 heavy (non-hydrogen) atoms. The molecule has 2 atom stereocenters. The molecule has 0 saturated carbocycles. The molecule has 0 bridgehead atoms. The van der Waals surface area contributed by atoms with Crippen molar-refractivity contribution >= 4 is 15.9 Å². The smallest absolute Gasteiger partial charge is 0.243 e. The highest BCUT2D eigenvalue weighted by Gasteiger charge is 2.22. The number of hydrogen-bond acceptors (Lipinski definition) is 4. The number of sulfonamides is 1. The molecule has 0 aliphatic heterocycles. The fourth-order valence-corrected chi connectivity index (χ4v) is 3.97. The quantitative estimate of drug-likeness (QED) is 0.621. The zero-order valence-corrected chi connectivity index (χ0v) is 16.3. The lowest BCUT2D eigenvalue weighted by atomic mass is 10.1. The van der Waals surface area contributed by atoms with Crippen molar-refractivity contribution in [1.29, 1.82) is 0 Å². The molecule has 1 rings (SSSR count). The number of carbonyl (C=O) groups excluding carboxylic acids is 1. The van der Waals surface area contributed by atoms with E-state index >= 15 is 0 Å². The number of amides is 1. The second-order valence-electron chi connectivity index (χ2n) is 5.80. The summed E-state index contributed by atoms with van der Waals surface area (Å²) in [6.07, 6.45) is 1.63. The first-order valence-corrected chi connectivity index (χ1v) is 9.96. The average molecular weight is 368 g/mol. The van der Waals surface area contributed by atoms with Crippen LogP contribution in [0, 0.1) is 0 Å². The molecule has 1 aromatic rings. The normalized spacial score (nSPS) is 14.1. The SMILES string of the molecule is C=CCNC(=O)C(C)NC(C)c1ccc(S(=O)(=O)N(CC)CC)cc1. The number of benzene rings is 1. The van der Waals surface area contributed by atoms with E-state index in [-0.39, 0.29) is 22.9 Å². The van der Waals surface area contributed by atoms with Crippen LogP contribution in [0.4, 0.5) is 0 Å². The van der Waals surface area contributed by atoms with Gasteiger partial charge in [0.1, 0.15) is 0 Å². The fourth-order valence-electron chi connectivity index (χ4n) is 2.51. The Kier molecular flexibility index (Phi) is 8.28. The van der Waals surface area contributed by atoms with Crippen molar-refractivity contribution in [3.63, 3.8) is 0 Å². The molecule has 0 saturated heterocycles. The highest BCUT2D eigenvalue weighted by molar-refractivity contribution is 7.89. The van der Waals surface area contributed by atoms with E-state index in [0.717, 1.165) is 5.56 Å². The van der Waals surface area contributed by atoms with Crippen molar-refractivity contribution in [2.24, 2.45) is 0 Å². The average Bonchev–Trinajstić information content (AvgIpc) is 2.60. The predicted molar refractivity (Wildman–Crippen MR) is 101 cm³/mol. The molecule has 7 heteroatoms. The predicted octanol–water partition coefficient (Wildman–Crippen LogP) is 2.06. The van der Waals surface area contributed by atoms with Crippen LogP contribution in [0.3, 0.4) is 0 Å². The van der Waals surface area contributed by atoms with E-state index in [9.17, 15) is 13.2 Å². The summed E-state index contributed by atoms with van der Waals surface area (Å²) < 4.78 is 26.4. The molecule has 140 valence electrons. The highest BCUT2D eigenvalue weighted by atomic mass is 32.2. The van der Waals surface area contributed by atoms with Gasteiger partial charge in [-0.3, -0.25) is 10.1 Å². The summed E-state index contributed by atoms with van der Waals surface area (Å²) in [4.78, 5) is 12.2. The molecule has 0 fully saturated rings. The largest absolute Gasteiger partial charge is 0.351 e. The third-order valence-electron chi connectivity index (χ3n) is 4.04. The van der Waals surface area contributed by atoms with E-state index in [1.54, 1.807) is 37.3 Å². The minimum Gasteiger partial charge on any atom is -0.351 e. The molecule has 1 amide bonds. The van der Waals surface area contributed by atoms with Crippen molar-refractivity contribution < 1.29 is 13.2 Å². The summed E-state index contributed by atoms with van der Waals surface area (Å²) in [5.74, 6) is -0.104. The third kappa shape index (κ3) is 5.66. The van der Waals surface area contributed by atoms with E-state index in [0.29, 0.717) is 19.6 Å². The van der Waals surface area contributed by atoms with Gasteiger partial charge in [0.25, 0.3) is 0 Å². The minimum atomic E-state index is -3.45. The van der Waals surface area contributed by atoms with Crippen LogP contribution in [0.5, 0.6) is 0 Å². The van der Waals surface area contributed by atoms with Gasteiger partial charge in [0, 0.05) is 25.7 Å². The summed E-state index contributed by atoms with van der Waals surface area (Å²) >= 11 is 0. The molecule has 0 spiro atoms. The van der Waals surface area contributed by atoms with E-state index in [4.69, 9.17) is 0 Å². The lowest BCUT2D eigenvalue weighted by Crippen LogP contribution is -2.43. The molecule has 0 aliphatic carbocycles. The van der Waals surface area contributed by atoms with Gasteiger partial charge >= 0.3 is 0 Å². The van der Waals surface area contributed by atoms with Gasteiger partial charge in [-0.15, -0.1) is 6.58 Å². The molecule has 1 aromatic carbocycles. The number of rotatable bonds is 10. The first-order chi connectivity index (χ1) is 11.8. The van der Waals surface area contributed by atoms with Crippen LogP contribution in [0.25, 0.3) is 0 Å². The zero-order valence-electron chi connectivity index (χ0n) is 15.5. The molecule has 2 unspecified atom stereocenters. The van der Waals surface area contributed by atoms with Gasteiger partial charge < -0.3 is 5.32 Å². The topological polar surface area (TPSA) is 78.5 Å². The Labute approximate surface area is 151 Å². The number of nitrogens with one attached hydrogen (secondary N) is 2. The summed E-state index contributed by atoms with van der Waals surface area (Å²) in [7, 11) is -3.45. The molecule has 6 nitrogen and oxygen atoms in total. The van der Waals surface area contributed by atoms with E-state index < -0.39 is 10.0 Å². The van der Waals surface area contributed by atoms with Gasteiger partial charge in [0.05, 0.1) is 10.9 Å². The van der Waals surface area contributed by atoms with Crippen molar-refractivity contribution in [3.8, 4) is 0 Å². The van der Waals surface area contributed by atoms with Crippen LogP contribution in [0.1, 0.15) is 39.3 Å². The number of hydrogen-bond donors (Lipinski definition) is 2. The van der Waals surface area contributed by atoms with Gasteiger partial charge in [-0.05, 0) is 31.5 Å². The van der Waals surface area contributed by atoms with E-state index in [2.05, 4.69) is 17.2 Å². The number of carbonyl (C=O) groups is 1. The molecule has 0 radical (unpaired) electrons. The Hall–Kier alpha value is -1.70. The first-order valence-electron chi connectivity index (χ1n) is 8.52. The second kappa shape index (κ2) is 9.70. The van der Waals surface area contributed by atoms with Gasteiger partial charge in [-0.2, -0.15) is 4.31 Å². The second-order valence-corrected chi connectivity index (χ2v) is 7.74. The maximum Gasteiger partial charge on any atom is 0.243 e. The summed E-state index contributed by atoms with van der Waals surface area (Å²) in [5, 5.41) is 5.94.